The van der Waals surface area contributed by atoms with E-state index in [9.17, 15) is 4.79 Å². The van der Waals surface area contributed by atoms with E-state index in [1.807, 2.05) is 11.0 Å². The molecule has 25 heavy (non-hydrogen) atoms. The number of hydrogen-bond acceptors (Lipinski definition) is 2. The van der Waals surface area contributed by atoms with Crippen LogP contribution in [0.15, 0.2) is 54.6 Å². The van der Waals surface area contributed by atoms with Crippen LogP contribution < -0.4 is 5.73 Å². The third-order valence-corrected chi connectivity index (χ3v) is 5.61. The van der Waals surface area contributed by atoms with Gasteiger partial charge in [-0.3, -0.25) is 4.79 Å². The lowest BCUT2D eigenvalue weighted by Gasteiger charge is -2.39. The highest BCUT2D eigenvalue weighted by molar-refractivity contribution is 5.87. The molecule has 3 nitrogen and oxygen atoms in total. The second-order valence-corrected chi connectivity index (χ2v) is 7.21. The molecule has 4 rings (SSSR count). The van der Waals surface area contributed by atoms with Crippen molar-refractivity contribution in [1.82, 2.24) is 4.90 Å². The molecule has 132 valence electrons. The van der Waals surface area contributed by atoms with Crippen LogP contribution in [0.1, 0.15) is 48.3 Å². The summed E-state index contributed by atoms with van der Waals surface area (Å²) >= 11 is 0. The highest BCUT2D eigenvalue weighted by atomic mass is 35.5. The van der Waals surface area contributed by atoms with Gasteiger partial charge >= 0.3 is 0 Å². The van der Waals surface area contributed by atoms with Crippen molar-refractivity contribution < 1.29 is 4.79 Å². The molecule has 0 radical (unpaired) electrons. The second kappa shape index (κ2) is 7.19. The van der Waals surface area contributed by atoms with Crippen molar-refractivity contribution in [3.63, 3.8) is 0 Å². The summed E-state index contributed by atoms with van der Waals surface area (Å²) in [5.41, 5.74) is 9.65. The molecule has 2 aliphatic rings. The molecule has 1 aliphatic carbocycles. The van der Waals surface area contributed by atoms with E-state index < -0.39 is 5.54 Å². The summed E-state index contributed by atoms with van der Waals surface area (Å²) in [6, 6.07) is 19.0. The zero-order valence-electron chi connectivity index (χ0n) is 14.4. The molecule has 1 saturated carbocycles. The molecular weight excluding hydrogens is 332 g/mol. The highest BCUT2D eigenvalue weighted by Crippen LogP contribution is 2.36. The van der Waals surface area contributed by atoms with Crippen LogP contribution in [0.3, 0.4) is 0 Å². The van der Waals surface area contributed by atoms with E-state index in [0.29, 0.717) is 6.54 Å². The summed E-state index contributed by atoms with van der Waals surface area (Å²) in [7, 11) is 0. The highest BCUT2D eigenvalue weighted by Gasteiger charge is 2.41. The predicted molar refractivity (Wildman–Crippen MR) is 103 cm³/mol. The summed E-state index contributed by atoms with van der Waals surface area (Å²) in [5.74, 6) is 0.362. The van der Waals surface area contributed by atoms with Crippen molar-refractivity contribution in [2.45, 2.75) is 43.7 Å². The Hall–Kier alpha value is -1.84. The minimum atomic E-state index is -0.645. The summed E-state index contributed by atoms with van der Waals surface area (Å²) in [5, 5.41) is 0. The fourth-order valence-corrected chi connectivity index (χ4v) is 4.27. The lowest BCUT2D eigenvalue weighted by Crippen LogP contribution is -2.55. The quantitative estimate of drug-likeness (QED) is 0.888. The Labute approximate surface area is 155 Å². The van der Waals surface area contributed by atoms with Gasteiger partial charge in [-0.05, 0) is 29.5 Å². The smallest absolute Gasteiger partial charge is 0.242 e. The Kier molecular flexibility index (Phi) is 5.16. The number of carbonyl (C=O) groups is 1. The molecule has 2 aromatic rings. The number of nitrogens with two attached hydrogens (primary N) is 1. The van der Waals surface area contributed by atoms with E-state index >= 15 is 0 Å². The second-order valence-electron chi connectivity index (χ2n) is 7.21. The van der Waals surface area contributed by atoms with Gasteiger partial charge in [0, 0.05) is 19.0 Å². The number of nitrogens with zero attached hydrogens (tertiary/aromatic N) is 1. The normalized spacial score (nSPS) is 21.3. The lowest BCUT2D eigenvalue weighted by atomic mass is 9.83. The Balaban J connectivity index is 0.00000182. The first-order chi connectivity index (χ1) is 11.7. The van der Waals surface area contributed by atoms with Crippen molar-refractivity contribution in [2.24, 2.45) is 5.73 Å². The maximum atomic E-state index is 13.1. The lowest BCUT2D eigenvalue weighted by molar-refractivity contribution is -0.138. The number of hydrogen-bond donors (Lipinski definition) is 1. The van der Waals surface area contributed by atoms with E-state index in [-0.39, 0.29) is 24.2 Å². The topological polar surface area (TPSA) is 46.3 Å². The van der Waals surface area contributed by atoms with Gasteiger partial charge in [0.15, 0.2) is 0 Å². The van der Waals surface area contributed by atoms with Gasteiger partial charge in [0.2, 0.25) is 5.91 Å². The Bertz CT molecular complexity index is 741. The van der Waals surface area contributed by atoms with Gasteiger partial charge in [0.1, 0.15) is 0 Å². The monoisotopic (exact) mass is 356 g/mol. The number of rotatable bonds is 2. The largest absolute Gasteiger partial charge is 0.336 e. The van der Waals surface area contributed by atoms with Crippen molar-refractivity contribution >= 4 is 18.3 Å². The molecule has 4 heteroatoms. The zero-order chi connectivity index (χ0) is 16.6. The predicted octanol–water partition coefficient (Wildman–Crippen LogP) is 3.85. The van der Waals surface area contributed by atoms with E-state index in [2.05, 4.69) is 48.5 Å². The Morgan fingerprint density at radius 1 is 1.00 bits per heavy atom. The first-order valence-electron chi connectivity index (χ1n) is 8.88. The first-order valence-corrected chi connectivity index (χ1v) is 8.88. The molecule has 2 N–H and O–H groups in total. The average molecular weight is 357 g/mol. The van der Waals surface area contributed by atoms with Gasteiger partial charge in [-0.1, -0.05) is 67.4 Å². The molecule has 1 amide bonds. The van der Waals surface area contributed by atoms with Gasteiger partial charge in [0.05, 0.1) is 5.54 Å². The van der Waals surface area contributed by atoms with Crippen molar-refractivity contribution in [2.75, 3.05) is 6.54 Å². The zero-order valence-corrected chi connectivity index (χ0v) is 15.2. The van der Waals surface area contributed by atoms with Crippen LogP contribution in [0.25, 0.3) is 0 Å². The van der Waals surface area contributed by atoms with E-state index in [1.165, 1.54) is 16.7 Å². The fourth-order valence-electron chi connectivity index (χ4n) is 4.27. The number of amides is 1. The van der Waals surface area contributed by atoms with Crippen LogP contribution >= 0.6 is 12.4 Å². The molecule has 1 unspecified atom stereocenters. The van der Waals surface area contributed by atoms with Crippen LogP contribution in [-0.4, -0.2) is 22.9 Å². The van der Waals surface area contributed by atoms with Gasteiger partial charge in [-0.2, -0.15) is 0 Å². The third-order valence-electron chi connectivity index (χ3n) is 5.61. The number of carbonyl (C=O) groups excluding carboxylic acids is 1. The van der Waals surface area contributed by atoms with Crippen molar-refractivity contribution in [1.29, 1.82) is 0 Å². The Morgan fingerprint density at radius 2 is 1.64 bits per heavy atom. The molecule has 0 spiro atoms. The van der Waals surface area contributed by atoms with Crippen LogP contribution in [-0.2, 0) is 11.3 Å². The van der Waals surface area contributed by atoms with E-state index in [0.717, 1.165) is 32.2 Å². The number of benzene rings is 2. The molecule has 1 heterocycles. The van der Waals surface area contributed by atoms with Gasteiger partial charge in [-0.15, -0.1) is 12.4 Å². The number of fused-ring (bicyclic) bond motifs is 1. The minimum Gasteiger partial charge on any atom is -0.336 e. The summed E-state index contributed by atoms with van der Waals surface area (Å²) in [6.45, 7) is 1.40. The molecular formula is C21H25ClN2O. The molecule has 0 saturated heterocycles. The molecule has 0 bridgehead atoms. The molecule has 2 aromatic carbocycles. The molecule has 0 aromatic heterocycles. The van der Waals surface area contributed by atoms with Gasteiger partial charge in [-0.25, -0.2) is 0 Å². The fraction of sp³-hybridized carbons (Fsp3) is 0.381. The van der Waals surface area contributed by atoms with E-state index in [4.69, 9.17) is 5.73 Å². The maximum absolute atomic E-state index is 13.1. The van der Waals surface area contributed by atoms with Gasteiger partial charge < -0.3 is 10.6 Å². The van der Waals surface area contributed by atoms with Crippen LogP contribution in [0, 0.1) is 0 Å². The molecule has 1 aliphatic heterocycles. The SMILES string of the molecule is Cl.NC1(C(=O)N2Cc3ccccc3C(c3ccccc3)C2)CCCC1. The number of halogens is 1. The summed E-state index contributed by atoms with van der Waals surface area (Å²) in [4.78, 5) is 15.1. The van der Waals surface area contributed by atoms with Crippen molar-refractivity contribution in [3.8, 4) is 0 Å². The van der Waals surface area contributed by atoms with E-state index in [1.54, 1.807) is 0 Å². The third kappa shape index (κ3) is 3.31. The Morgan fingerprint density at radius 3 is 2.36 bits per heavy atom. The minimum absolute atomic E-state index is 0. The molecule has 1 atom stereocenters. The molecule has 1 fully saturated rings. The standard InChI is InChI=1S/C21H24N2O.ClH/c22-21(12-6-7-13-21)20(24)23-14-17-10-4-5-11-18(17)19(15-23)16-8-2-1-3-9-16;/h1-5,8-11,19H,6-7,12-15,22H2;1H. The van der Waals surface area contributed by atoms with Crippen LogP contribution in [0.2, 0.25) is 0 Å². The summed E-state index contributed by atoms with van der Waals surface area (Å²) in [6.07, 6.45) is 3.77. The van der Waals surface area contributed by atoms with Crippen molar-refractivity contribution in [3.05, 3.63) is 71.3 Å². The average Bonchev–Trinajstić information content (AvgIpc) is 3.08. The summed E-state index contributed by atoms with van der Waals surface area (Å²) < 4.78 is 0. The first kappa shape index (κ1) is 18.0. The van der Waals surface area contributed by atoms with Gasteiger partial charge in [0.25, 0.3) is 0 Å². The van der Waals surface area contributed by atoms with Crippen LogP contribution in [0.4, 0.5) is 0 Å². The maximum Gasteiger partial charge on any atom is 0.242 e. The van der Waals surface area contributed by atoms with Crippen LogP contribution in [0.5, 0.6) is 0 Å².